The summed E-state index contributed by atoms with van der Waals surface area (Å²) in [6.07, 6.45) is 3.28. The van der Waals surface area contributed by atoms with Crippen LogP contribution in [0.2, 0.25) is 0 Å². The largest absolute Gasteiger partial charge is 0.497 e. The molecule has 5 nitrogen and oxygen atoms in total. The fourth-order valence-electron chi connectivity index (χ4n) is 3.36. The van der Waals surface area contributed by atoms with Gasteiger partial charge in [0.15, 0.2) is 0 Å². The smallest absolute Gasteiger partial charge is 0.303 e. The number of piperidine rings is 1. The Labute approximate surface area is 135 Å². The Morgan fingerprint density at radius 3 is 3.09 bits per heavy atom. The summed E-state index contributed by atoms with van der Waals surface area (Å²) in [7, 11) is 1.66. The molecule has 0 amide bonds. The fraction of sp³-hybridized carbons (Fsp3) is 0.500. The van der Waals surface area contributed by atoms with Crippen LogP contribution < -0.4 is 4.74 Å². The van der Waals surface area contributed by atoms with E-state index >= 15 is 0 Å². The van der Waals surface area contributed by atoms with E-state index in [0.29, 0.717) is 5.92 Å². The van der Waals surface area contributed by atoms with Crippen LogP contribution in [0, 0.1) is 5.92 Å². The Hall–Kier alpha value is -2.01. The highest BCUT2D eigenvalue weighted by Crippen LogP contribution is 2.27. The fourth-order valence-corrected chi connectivity index (χ4v) is 3.36. The van der Waals surface area contributed by atoms with Gasteiger partial charge in [-0.05, 0) is 56.0 Å². The van der Waals surface area contributed by atoms with Crippen molar-refractivity contribution in [2.45, 2.75) is 32.2 Å². The van der Waals surface area contributed by atoms with Crippen molar-refractivity contribution in [2.24, 2.45) is 5.92 Å². The van der Waals surface area contributed by atoms with E-state index in [4.69, 9.17) is 14.3 Å². The maximum atomic E-state index is 10.7. The number of hydrogen-bond donors (Lipinski definition) is 1. The quantitative estimate of drug-likeness (QED) is 0.883. The van der Waals surface area contributed by atoms with Crippen LogP contribution in [0.4, 0.5) is 0 Å². The number of rotatable bonds is 6. The van der Waals surface area contributed by atoms with Crippen LogP contribution in [-0.4, -0.2) is 36.2 Å². The second kappa shape index (κ2) is 7.04. The van der Waals surface area contributed by atoms with Gasteiger partial charge in [-0.2, -0.15) is 0 Å². The highest BCUT2D eigenvalue weighted by atomic mass is 16.5. The third-order valence-corrected chi connectivity index (χ3v) is 4.52. The van der Waals surface area contributed by atoms with E-state index in [2.05, 4.69) is 11.0 Å². The lowest BCUT2D eigenvalue weighted by Crippen LogP contribution is -2.35. The highest BCUT2D eigenvalue weighted by molar-refractivity contribution is 5.79. The van der Waals surface area contributed by atoms with E-state index in [-0.39, 0.29) is 6.42 Å². The minimum Gasteiger partial charge on any atom is -0.497 e. The number of carboxylic acid groups (broad SMARTS) is 1. The molecule has 1 unspecified atom stereocenters. The summed E-state index contributed by atoms with van der Waals surface area (Å²) in [6.45, 7) is 2.78. The van der Waals surface area contributed by atoms with Crippen LogP contribution in [0.3, 0.4) is 0 Å². The average Bonchev–Trinajstić information content (AvgIpc) is 2.94. The molecule has 1 saturated heterocycles. The Morgan fingerprint density at radius 2 is 2.30 bits per heavy atom. The zero-order valence-electron chi connectivity index (χ0n) is 13.5. The second-order valence-electron chi connectivity index (χ2n) is 6.29. The molecule has 1 aliphatic rings. The van der Waals surface area contributed by atoms with Crippen LogP contribution in [0.15, 0.2) is 28.7 Å². The summed E-state index contributed by atoms with van der Waals surface area (Å²) in [5, 5.41) is 9.88. The SMILES string of the molecule is COc1ccc2oc(CN3CCCC(CCC(=O)O)C3)cc2c1. The van der Waals surface area contributed by atoms with Gasteiger partial charge in [-0.15, -0.1) is 0 Å². The molecule has 5 heteroatoms. The van der Waals surface area contributed by atoms with Gasteiger partial charge in [0.1, 0.15) is 17.1 Å². The van der Waals surface area contributed by atoms with Crippen LogP contribution >= 0.6 is 0 Å². The molecule has 1 fully saturated rings. The van der Waals surface area contributed by atoms with Gasteiger partial charge in [0, 0.05) is 18.4 Å². The van der Waals surface area contributed by atoms with Gasteiger partial charge < -0.3 is 14.3 Å². The van der Waals surface area contributed by atoms with E-state index in [1.807, 2.05) is 18.2 Å². The minimum atomic E-state index is -0.701. The average molecular weight is 317 g/mol. The van der Waals surface area contributed by atoms with Crippen LogP contribution in [0.25, 0.3) is 11.0 Å². The number of fused-ring (bicyclic) bond motifs is 1. The molecule has 1 aromatic carbocycles. The summed E-state index contributed by atoms with van der Waals surface area (Å²) in [5.74, 6) is 1.56. The van der Waals surface area contributed by atoms with Crippen molar-refractivity contribution in [3.63, 3.8) is 0 Å². The van der Waals surface area contributed by atoms with Gasteiger partial charge in [0.2, 0.25) is 0 Å². The molecule has 1 atom stereocenters. The molecule has 1 N–H and O–H groups in total. The van der Waals surface area contributed by atoms with E-state index in [1.165, 1.54) is 0 Å². The van der Waals surface area contributed by atoms with Crippen LogP contribution in [0.1, 0.15) is 31.4 Å². The number of carbonyl (C=O) groups is 1. The van der Waals surface area contributed by atoms with Crippen molar-refractivity contribution in [3.8, 4) is 5.75 Å². The molecule has 3 rings (SSSR count). The van der Waals surface area contributed by atoms with Gasteiger partial charge >= 0.3 is 5.97 Å². The first-order valence-corrected chi connectivity index (χ1v) is 8.14. The first-order valence-electron chi connectivity index (χ1n) is 8.14. The maximum absolute atomic E-state index is 10.7. The molecule has 0 aliphatic carbocycles. The van der Waals surface area contributed by atoms with Crippen molar-refractivity contribution in [1.82, 2.24) is 4.90 Å². The molecule has 1 aromatic heterocycles. The molecular weight excluding hydrogens is 294 g/mol. The molecule has 1 aliphatic heterocycles. The van der Waals surface area contributed by atoms with Gasteiger partial charge in [-0.3, -0.25) is 9.69 Å². The van der Waals surface area contributed by atoms with Crippen molar-refractivity contribution in [1.29, 1.82) is 0 Å². The first-order chi connectivity index (χ1) is 11.1. The van der Waals surface area contributed by atoms with E-state index in [0.717, 1.165) is 61.4 Å². The monoisotopic (exact) mass is 317 g/mol. The molecule has 0 saturated carbocycles. The van der Waals surface area contributed by atoms with Crippen LogP contribution in [-0.2, 0) is 11.3 Å². The number of furan rings is 1. The first kappa shape index (κ1) is 15.9. The molecule has 124 valence electrons. The van der Waals surface area contributed by atoms with Gasteiger partial charge in [0.05, 0.1) is 13.7 Å². The standard InChI is InChI=1S/C18H23NO4/c1-22-15-5-6-17-14(9-15)10-16(23-17)12-19-8-2-3-13(11-19)4-7-18(20)21/h5-6,9-10,13H,2-4,7-8,11-12H2,1H3,(H,20,21). The topological polar surface area (TPSA) is 62.9 Å². The number of aliphatic carboxylic acids is 1. The number of carboxylic acids is 1. The summed E-state index contributed by atoms with van der Waals surface area (Å²) >= 11 is 0. The minimum absolute atomic E-state index is 0.267. The molecule has 0 radical (unpaired) electrons. The van der Waals surface area contributed by atoms with Crippen molar-refractivity contribution < 1.29 is 19.1 Å². The zero-order chi connectivity index (χ0) is 16.2. The van der Waals surface area contributed by atoms with Crippen molar-refractivity contribution in [3.05, 3.63) is 30.0 Å². The van der Waals surface area contributed by atoms with E-state index < -0.39 is 5.97 Å². The Bertz CT molecular complexity index is 679. The molecule has 0 bridgehead atoms. The summed E-state index contributed by atoms with van der Waals surface area (Å²) in [5.41, 5.74) is 0.875. The number of hydrogen-bond acceptors (Lipinski definition) is 4. The zero-order valence-corrected chi connectivity index (χ0v) is 13.5. The molecule has 2 heterocycles. The Kier molecular flexibility index (Phi) is 4.86. The highest BCUT2D eigenvalue weighted by Gasteiger charge is 2.21. The van der Waals surface area contributed by atoms with Crippen LogP contribution in [0.5, 0.6) is 5.75 Å². The maximum Gasteiger partial charge on any atom is 0.303 e. The summed E-state index contributed by atoms with van der Waals surface area (Å²) in [6, 6.07) is 7.88. The van der Waals surface area contributed by atoms with E-state index in [9.17, 15) is 4.79 Å². The van der Waals surface area contributed by atoms with Gasteiger partial charge in [-0.25, -0.2) is 0 Å². The summed E-state index contributed by atoms with van der Waals surface area (Å²) < 4.78 is 11.2. The summed E-state index contributed by atoms with van der Waals surface area (Å²) in [4.78, 5) is 13.1. The molecular formula is C18H23NO4. The number of methoxy groups -OCH3 is 1. The number of benzene rings is 1. The normalized spacial score (nSPS) is 19.1. The predicted octanol–water partition coefficient (Wildman–Crippen LogP) is 3.52. The Morgan fingerprint density at radius 1 is 1.43 bits per heavy atom. The van der Waals surface area contributed by atoms with Gasteiger partial charge in [0.25, 0.3) is 0 Å². The van der Waals surface area contributed by atoms with Gasteiger partial charge in [-0.1, -0.05) is 0 Å². The molecule has 2 aromatic rings. The third-order valence-electron chi connectivity index (χ3n) is 4.52. The second-order valence-corrected chi connectivity index (χ2v) is 6.29. The predicted molar refractivity (Wildman–Crippen MR) is 87.6 cm³/mol. The molecule has 23 heavy (non-hydrogen) atoms. The number of likely N-dealkylation sites (tertiary alicyclic amines) is 1. The lowest BCUT2D eigenvalue weighted by Gasteiger charge is -2.31. The number of nitrogens with zero attached hydrogens (tertiary/aromatic N) is 1. The van der Waals surface area contributed by atoms with Crippen molar-refractivity contribution in [2.75, 3.05) is 20.2 Å². The Balaban J connectivity index is 1.63. The third kappa shape index (κ3) is 4.05. The molecule has 0 spiro atoms. The number of ether oxygens (including phenoxy) is 1. The van der Waals surface area contributed by atoms with Crippen molar-refractivity contribution >= 4 is 16.9 Å². The lowest BCUT2D eigenvalue weighted by molar-refractivity contribution is -0.137. The lowest BCUT2D eigenvalue weighted by atomic mass is 9.93. The van der Waals surface area contributed by atoms with E-state index in [1.54, 1.807) is 7.11 Å².